The zero-order valence-electron chi connectivity index (χ0n) is 10.9. The van der Waals surface area contributed by atoms with Crippen LogP contribution < -0.4 is 11.1 Å². The van der Waals surface area contributed by atoms with Crippen LogP contribution in [0.4, 0.5) is 11.4 Å². The zero-order valence-corrected chi connectivity index (χ0v) is 12.5. The largest absolute Gasteiger partial charge is 0.399 e. The molecule has 1 aromatic rings. The van der Waals surface area contributed by atoms with E-state index in [0.717, 1.165) is 19.4 Å². The third-order valence-electron chi connectivity index (χ3n) is 2.96. The molecule has 1 heterocycles. The maximum absolute atomic E-state index is 11.9. The highest BCUT2D eigenvalue weighted by Gasteiger charge is 2.20. The molecule has 0 spiro atoms. The second-order valence-corrected chi connectivity index (χ2v) is 6.58. The van der Waals surface area contributed by atoms with Gasteiger partial charge in [0, 0.05) is 23.1 Å². The predicted octanol–water partition coefficient (Wildman–Crippen LogP) is 1.79. The number of nitrogens with one attached hydrogen (secondary N) is 1. The molecular weight excluding hydrogens is 300 g/mol. The number of halogens is 1. The summed E-state index contributed by atoms with van der Waals surface area (Å²) in [7, 11) is -1.23. The number of anilines is 2. The maximum Gasteiger partial charge on any atom is 0.237 e. The lowest BCUT2D eigenvalue weighted by Gasteiger charge is -2.10. The Labute approximate surface area is 125 Å². The molecule has 0 saturated carbocycles. The molecule has 2 atom stereocenters. The van der Waals surface area contributed by atoms with Crippen LogP contribution in [0.25, 0.3) is 0 Å². The lowest BCUT2D eigenvalue weighted by atomic mass is 10.3. The molecular formula is C13H17ClN2O3S. The molecule has 0 bridgehead atoms. The van der Waals surface area contributed by atoms with Crippen molar-refractivity contribution in [2.75, 3.05) is 29.2 Å². The quantitative estimate of drug-likeness (QED) is 0.811. The number of carbonyl (C=O) groups is 1. The van der Waals surface area contributed by atoms with Gasteiger partial charge in [-0.1, -0.05) is 11.6 Å². The van der Waals surface area contributed by atoms with Gasteiger partial charge in [0.05, 0.1) is 22.6 Å². The Morgan fingerprint density at radius 3 is 3.00 bits per heavy atom. The number of nitrogens with two attached hydrogens (primary N) is 1. The van der Waals surface area contributed by atoms with Crippen LogP contribution in [-0.2, 0) is 20.3 Å². The van der Waals surface area contributed by atoms with Crippen LogP contribution in [0.5, 0.6) is 0 Å². The van der Waals surface area contributed by atoms with Gasteiger partial charge in [0.2, 0.25) is 5.91 Å². The fourth-order valence-electron chi connectivity index (χ4n) is 2.01. The molecule has 110 valence electrons. The van der Waals surface area contributed by atoms with Crippen LogP contribution in [0.3, 0.4) is 0 Å². The van der Waals surface area contributed by atoms with Gasteiger partial charge in [-0.15, -0.1) is 0 Å². The van der Waals surface area contributed by atoms with Gasteiger partial charge in [0.1, 0.15) is 5.75 Å². The van der Waals surface area contributed by atoms with Crippen LogP contribution in [0.1, 0.15) is 12.8 Å². The highest BCUT2D eigenvalue weighted by Crippen LogP contribution is 2.24. The predicted molar refractivity (Wildman–Crippen MR) is 81.3 cm³/mol. The minimum atomic E-state index is -1.23. The van der Waals surface area contributed by atoms with Crippen molar-refractivity contribution in [3.05, 3.63) is 23.2 Å². The lowest BCUT2D eigenvalue weighted by Crippen LogP contribution is -2.25. The molecule has 0 aromatic heterocycles. The van der Waals surface area contributed by atoms with Crippen LogP contribution in [0, 0.1) is 0 Å². The van der Waals surface area contributed by atoms with Gasteiger partial charge in [-0.3, -0.25) is 9.00 Å². The van der Waals surface area contributed by atoms with Crippen molar-refractivity contribution in [1.82, 2.24) is 0 Å². The Bertz CT molecular complexity index is 518. The second kappa shape index (κ2) is 7.06. The highest BCUT2D eigenvalue weighted by molar-refractivity contribution is 7.85. The first-order valence-corrected chi connectivity index (χ1v) is 8.22. The fraction of sp³-hybridized carbons (Fsp3) is 0.462. The maximum atomic E-state index is 11.9. The molecule has 1 aliphatic rings. The van der Waals surface area contributed by atoms with E-state index < -0.39 is 10.8 Å². The average molecular weight is 317 g/mol. The zero-order chi connectivity index (χ0) is 14.5. The highest BCUT2D eigenvalue weighted by atomic mass is 35.5. The Morgan fingerprint density at radius 1 is 1.55 bits per heavy atom. The average Bonchev–Trinajstić information content (AvgIpc) is 2.85. The van der Waals surface area contributed by atoms with Crippen LogP contribution in [0.2, 0.25) is 5.02 Å². The summed E-state index contributed by atoms with van der Waals surface area (Å²) in [6.45, 7) is 0.717. The Hall–Kier alpha value is -1.11. The Morgan fingerprint density at radius 2 is 2.35 bits per heavy atom. The number of ether oxygens (including phenoxy) is 1. The molecule has 1 aliphatic heterocycles. The van der Waals surface area contributed by atoms with Gasteiger partial charge in [-0.2, -0.15) is 0 Å². The van der Waals surface area contributed by atoms with Crippen molar-refractivity contribution in [2.45, 2.75) is 18.9 Å². The monoisotopic (exact) mass is 316 g/mol. The van der Waals surface area contributed by atoms with E-state index in [1.54, 1.807) is 18.2 Å². The third-order valence-corrected chi connectivity index (χ3v) is 4.60. The van der Waals surface area contributed by atoms with Gasteiger partial charge < -0.3 is 15.8 Å². The molecule has 0 aliphatic carbocycles. The molecule has 1 aromatic carbocycles. The van der Waals surface area contributed by atoms with Crippen molar-refractivity contribution in [3.8, 4) is 0 Å². The standard InChI is InChI=1S/C13H17ClN2O3S/c14-11-6-9(15)3-4-12(11)16-13(17)8-20(18)7-10-2-1-5-19-10/h3-4,6,10H,1-2,5,7-8,15H2,(H,16,17). The molecule has 1 fully saturated rings. The van der Waals surface area contributed by atoms with Gasteiger partial charge >= 0.3 is 0 Å². The summed E-state index contributed by atoms with van der Waals surface area (Å²) in [5, 5.41) is 3.00. The number of carbonyl (C=O) groups excluding carboxylic acids is 1. The number of nitrogen functional groups attached to an aromatic ring is 1. The van der Waals surface area contributed by atoms with Gasteiger partial charge in [-0.05, 0) is 31.0 Å². The van der Waals surface area contributed by atoms with Crippen LogP contribution in [0.15, 0.2) is 18.2 Å². The van der Waals surface area contributed by atoms with E-state index in [0.29, 0.717) is 22.2 Å². The molecule has 0 radical (unpaired) electrons. The molecule has 1 saturated heterocycles. The molecule has 5 nitrogen and oxygen atoms in total. The summed E-state index contributed by atoms with van der Waals surface area (Å²) in [4.78, 5) is 11.8. The molecule has 1 amide bonds. The first-order chi connectivity index (χ1) is 9.54. The minimum absolute atomic E-state index is 0.0174. The normalized spacial score (nSPS) is 19.8. The van der Waals surface area contributed by atoms with Gasteiger partial charge in [0.15, 0.2) is 0 Å². The topological polar surface area (TPSA) is 81.4 Å². The molecule has 7 heteroatoms. The molecule has 2 rings (SSSR count). The Balaban J connectivity index is 1.83. The smallest absolute Gasteiger partial charge is 0.237 e. The van der Waals surface area contributed by atoms with Crippen LogP contribution >= 0.6 is 11.6 Å². The molecule has 3 N–H and O–H groups in total. The second-order valence-electron chi connectivity index (χ2n) is 4.67. The Kier molecular flexibility index (Phi) is 5.39. The number of rotatable bonds is 5. The van der Waals surface area contributed by atoms with Crippen molar-refractivity contribution in [1.29, 1.82) is 0 Å². The summed E-state index contributed by atoms with van der Waals surface area (Å²) in [5.41, 5.74) is 6.57. The third kappa shape index (κ3) is 4.47. The van der Waals surface area contributed by atoms with E-state index in [9.17, 15) is 9.00 Å². The fourth-order valence-corrected chi connectivity index (χ4v) is 3.40. The van der Waals surface area contributed by atoms with Crippen molar-refractivity contribution < 1.29 is 13.7 Å². The van der Waals surface area contributed by atoms with E-state index in [-0.39, 0.29) is 17.8 Å². The molecule has 20 heavy (non-hydrogen) atoms. The van der Waals surface area contributed by atoms with E-state index in [4.69, 9.17) is 22.1 Å². The van der Waals surface area contributed by atoms with Gasteiger partial charge in [0.25, 0.3) is 0 Å². The lowest BCUT2D eigenvalue weighted by molar-refractivity contribution is -0.113. The summed E-state index contributed by atoms with van der Waals surface area (Å²) in [6.07, 6.45) is 1.93. The SMILES string of the molecule is Nc1ccc(NC(=O)CS(=O)CC2CCCO2)c(Cl)c1. The summed E-state index contributed by atoms with van der Waals surface area (Å²) >= 11 is 5.96. The van der Waals surface area contributed by atoms with Crippen LogP contribution in [-0.4, -0.2) is 34.3 Å². The first-order valence-electron chi connectivity index (χ1n) is 6.36. The summed E-state index contributed by atoms with van der Waals surface area (Å²) in [5.74, 6) is 0.0247. The summed E-state index contributed by atoms with van der Waals surface area (Å²) in [6, 6.07) is 4.82. The van der Waals surface area contributed by atoms with E-state index in [1.807, 2.05) is 0 Å². The number of hydrogen-bond acceptors (Lipinski definition) is 4. The van der Waals surface area contributed by atoms with E-state index in [1.165, 1.54) is 0 Å². The van der Waals surface area contributed by atoms with Crippen molar-refractivity contribution in [3.63, 3.8) is 0 Å². The van der Waals surface area contributed by atoms with Crippen molar-refractivity contribution >= 4 is 39.7 Å². The minimum Gasteiger partial charge on any atom is -0.399 e. The first kappa shape index (κ1) is 15.3. The summed E-state index contributed by atoms with van der Waals surface area (Å²) < 4.78 is 17.3. The van der Waals surface area contributed by atoms with E-state index in [2.05, 4.69) is 5.32 Å². The molecule has 2 unspecified atom stereocenters. The van der Waals surface area contributed by atoms with E-state index >= 15 is 0 Å². The number of benzene rings is 1. The van der Waals surface area contributed by atoms with Gasteiger partial charge in [-0.25, -0.2) is 0 Å². The number of hydrogen-bond donors (Lipinski definition) is 2. The number of amides is 1. The van der Waals surface area contributed by atoms with Crippen molar-refractivity contribution in [2.24, 2.45) is 0 Å².